The summed E-state index contributed by atoms with van der Waals surface area (Å²) in [5.41, 5.74) is -0.269. The normalized spacial score (nSPS) is 16.6. The van der Waals surface area contributed by atoms with Crippen molar-refractivity contribution in [2.45, 2.75) is 25.2 Å². The molecule has 3 heterocycles. The maximum absolute atomic E-state index is 14.8. The third-order valence-electron chi connectivity index (χ3n) is 6.01. The van der Waals surface area contributed by atoms with Gasteiger partial charge in [-0.15, -0.1) is 0 Å². The molecule has 0 bridgehead atoms. The zero-order valence-corrected chi connectivity index (χ0v) is 20.1. The number of sulfone groups is 1. The third-order valence-corrected chi connectivity index (χ3v) is 7.51. The van der Waals surface area contributed by atoms with E-state index >= 15 is 0 Å². The molecule has 12 heteroatoms. The Morgan fingerprint density at radius 2 is 2.06 bits per heavy atom. The van der Waals surface area contributed by atoms with Crippen LogP contribution in [0.4, 0.5) is 19.0 Å². The van der Waals surface area contributed by atoms with E-state index in [1.165, 1.54) is 42.4 Å². The van der Waals surface area contributed by atoms with Gasteiger partial charge < -0.3 is 0 Å². The van der Waals surface area contributed by atoms with Crippen molar-refractivity contribution in [2.75, 3.05) is 11.5 Å². The first kappa shape index (κ1) is 25.2. The lowest BCUT2D eigenvalue weighted by molar-refractivity contribution is 0.0569. The number of aryl methyl sites for hydroxylation is 1. The largest absolute Gasteiger partial charge is 0.360 e. The van der Waals surface area contributed by atoms with Crippen molar-refractivity contribution in [2.24, 2.45) is 12.0 Å². The molecule has 0 saturated heterocycles. The molecule has 4 rings (SSSR count). The molecule has 8 nitrogen and oxygen atoms in total. The van der Waals surface area contributed by atoms with Crippen molar-refractivity contribution < 1.29 is 21.6 Å². The van der Waals surface area contributed by atoms with Crippen molar-refractivity contribution in [3.05, 3.63) is 69.5 Å². The number of benzene rings is 1. The van der Waals surface area contributed by atoms with Gasteiger partial charge in [-0.25, -0.2) is 27.8 Å². The van der Waals surface area contributed by atoms with Crippen molar-refractivity contribution >= 4 is 38.5 Å². The highest BCUT2D eigenvalue weighted by molar-refractivity contribution is 7.91. The topological polar surface area (TPSA) is 118 Å². The van der Waals surface area contributed by atoms with Crippen LogP contribution in [0.2, 0.25) is 0 Å². The molecule has 0 aliphatic carbocycles. The summed E-state index contributed by atoms with van der Waals surface area (Å²) >= 11 is 0. The first-order valence-electron chi connectivity index (χ1n) is 10.8. The number of hydrogen-bond acceptors (Lipinski definition) is 7. The lowest BCUT2D eigenvalue weighted by Crippen LogP contribution is -2.24. The minimum atomic E-state index is -3.98. The van der Waals surface area contributed by atoms with Crippen LogP contribution in [0.1, 0.15) is 36.0 Å². The first-order chi connectivity index (χ1) is 16.9. The first-order valence-corrected chi connectivity index (χ1v) is 12.6. The highest BCUT2D eigenvalue weighted by Crippen LogP contribution is 2.33. The summed E-state index contributed by atoms with van der Waals surface area (Å²) in [6.07, 6.45) is 4.24. The Bertz CT molecular complexity index is 1640. The van der Waals surface area contributed by atoms with Crippen molar-refractivity contribution in [3.8, 4) is 6.07 Å². The molecule has 1 atom stereocenters. The van der Waals surface area contributed by atoms with Crippen LogP contribution in [0.25, 0.3) is 16.6 Å². The Balaban J connectivity index is 1.76. The van der Waals surface area contributed by atoms with E-state index in [0.29, 0.717) is 16.5 Å². The van der Waals surface area contributed by atoms with Crippen LogP contribution in [-0.4, -0.2) is 40.7 Å². The average Bonchev–Trinajstić information content (AvgIpc) is 2.85. The van der Waals surface area contributed by atoms with E-state index in [0.717, 1.165) is 12.1 Å². The van der Waals surface area contributed by atoms with Gasteiger partial charge in [0.15, 0.2) is 15.7 Å². The lowest BCUT2D eigenvalue weighted by Gasteiger charge is -2.15. The SMILES string of the molecule is CC(/C=N\c1ncnc2c1cc(C1=CCS(=O)(=O)CC1)c(=O)n2C)c1cccc(C(F)(F)C#N)c1F. The fraction of sp³-hybridized carbons (Fsp3) is 0.292. The molecular weight excluding hydrogens is 495 g/mol. The van der Waals surface area contributed by atoms with Gasteiger partial charge in [0.25, 0.3) is 5.56 Å². The van der Waals surface area contributed by atoms with Gasteiger partial charge >= 0.3 is 5.92 Å². The van der Waals surface area contributed by atoms with Gasteiger partial charge in [0.05, 0.1) is 22.5 Å². The number of fused-ring (bicyclic) bond motifs is 1. The van der Waals surface area contributed by atoms with E-state index in [1.807, 2.05) is 0 Å². The monoisotopic (exact) mass is 515 g/mol. The molecule has 3 aromatic rings. The highest BCUT2D eigenvalue weighted by Gasteiger charge is 2.35. The van der Waals surface area contributed by atoms with Gasteiger partial charge in [0, 0.05) is 24.7 Å². The molecule has 1 aliphatic heterocycles. The molecule has 186 valence electrons. The molecule has 0 saturated carbocycles. The van der Waals surface area contributed by atoms with Crippen molar-refractivity contribution in [1.82, 2.24) is 14.5 Å². The van der Waals surface area contributed by atoms with E-state index in [9.17, 15) is 26.4 Å². The molecule has 0 spiro atoms. The number of aliphatic imine (C=N–C) groups is 1. The van der Waals surface area contributed by atoms with Gasteiger partial charge in [0.2, 0.25) is 0 Å². The summed E-state index contributed by atoms with van der Waals surface area (Å²) in [4.78, 5) is 25.5. The minimum Gasteiger partial charge on any atom is -0.295 e. The number of nitrogens with zero attached hydrogens (tertiary/aromatic N) is 5. The van der Waals surface area contributed by atoms with Crippen LogP contribution in [-0.2, 0) is 22.8 Å². The molecular formula is C24H20F3N5O3S. The Morgan fingerprint density at radius 1 is 1.31 bits per heavy atom. The van der Waals surface area contributed by atoms with E-state index in [-0.39, 0.29) is 40.5 Å². The standard InChI is InChI=1S/C24H20F3N5O3S/c1-14(16-4-3-5-19(20(16)25)24(26,27)12-28)11-29-21-18-10-17(15-6-8-36(34,35)9-7-15)23(33)32(2)22(18)31-13-30-21/h3-6,10-11,13-14H,7-9H2,1-2H3/b29-11-. The fourth-order valence-corrected chi connectivity index (χ4v) is 5.13. The molecule has 2 aromatic heterocycles. The number of rotatable bonds is 5. The van der Waals surface area contributed by atoms with Crippen LogP contribution in [0.15, 0.2) is 46.5 Å². The Hall–Kier alpha value is -3.85. The number of pyridine rings is 1. The van der Waals surface area contributed by atoms with Gasteiger partial charge in [-0.2, -0.15) is 14.0 Å². The summed E-state index contributed by atoms with van der Waals surface area (Å²) in [7, 11) is -1.67. The molecule has 0 N–H and O–H groups in total. The van der Waals surface area contributed by atoms with Crippen molar-refractivity contribution in [3.63, 3.8) is 0 Å². The Morgan fingerprint density at radius 3 is 2.72 bits per heavy atom. The zero-order chi connectivity index (χ0) is 26.3. The van der Waals surface area contributed by atoms with E-state index in [2.05, 4.69) is 15.0 Å². The second-order valence-electron chi connectivity index (χ2n) is 8.41. The molecule has 0 amide bonds. The van der Waals surface area contributed by atoms with Gasteiger partial charge in [-0.05, 0) is 29.7 Å². The smallest absolute Gasteiger partial charge is 0.295 e. The molecule has 36 heavy (non-hydrogen) atoms. The predicted octanol–water partition coefficient (Wildman–Crippen LogP) is 3.79. The summed E-state index contributed by atoms with van der Waals surface area (Å²) in [5.74, 6) is -6.00. The van der Waals surface area contributed by atoms with Gasteiger partial charge in [-0.3, -0.25) is 9.36 Å². The quantitative estimate of drug-likeness (QED) is 0.477. The van der Waals surface area contributed by atoms with Crippen LogP contribution in [0.3, 0.4) is 0 Å². The van der Waals surface area contributed by atoms with E-state index < -0.39 is 33.1 Å². The maximum atomic E-state index is 14.8. The van der Waals surface area contributed by atoms with Crippen molar-refractivity contribution in [1.29, 1.82) is 5.26 Å². The predicted molar refractivity (Wildman–Crippen MR) is 129 cm³/mol. The van der Waals surface area contributed by atoms with Gasteiger partial charge in [0.1, 0.15) is 23.9 Å². The molecule has 0 radical (unpaired) electrons. The number of nitriles is 1. The Kier molecular flexibility index (Phi) is 6.53. The van der Waals surface area contributed by atoms with Gasteiger partial charge in [-0.1, -0.05) is 25.1 Å². The second-order valence-corrected chi connectivity index (χ2v) is 10.6. The summed E-state index contributed by atoms with van der Waals surface area (Å²) in [5, 5.41) is 9.07. The fourth-order valence-electron chi connectivity index (χ4n) is 3.98. The second kappa shape index (κ2) is 9.31. The van der Waals surface area contributed by atoms with E-state index in [4.69, 9.17) is 5.26 Å². The highest BCUT2D eigenvalue weighted by atomic mass is 32.2. The Labute approximate surface area is 204 Å². The third kappa shape index (κ3) is 4.66. The molecule has 1 aromatic carbocycles. The summed E-state index contributed by atoms with van der Waals surface area (Å²) in [6, 6.07) is 5.77. The van der Waals surface area contributed by atoms with E-state index in [1.54, 1.807) is 13.0 Å². The number of alkyl halides is 2. The van der Waals surface area contributed by atoms with Crippen LogP contribution in [0, 0.1) is 17.1 Å². The van der Waals surface area contributed by atoms with Crippen LogP contribution in [0.5, 0.6) is 0 Å². The summed E-state index contributed by atoms with van der Waals surface area (Å²) in [6.45, 7) is 1.55. The maximum Gasteiger partial charge on any atom is 0.360 e. The van der Waals surface area contributed by atoms with Crippen LogP contribution >= 0.6 is 0 Å². The van der Waals surface area contributed by atoms with Crippen LogP contribution < -0.4 is 5.56 Å². The lowest BCUT2D eigenvalue weighted by atomic mass is 9.97. The number of allylic oxidation sites excluding steroid dienone is 1. The molecule has 1 unspecified atom stereocenters. The number of aromatic nitrogens is 3. The number of hydrogen-bond donors (Lipinski definition) is 0. The molecule has 1 aliphatic rings. The molecule has 0 fully saturated rings. The minimum absolute atomic E-state index is 0.0662. The summed E-state index contributed by atoms with van der Waals surface area (Å²) < 4.78 is 67.3. The zero-order valence-electron chi connectivity index (χ0n) is 19.2. The number of halogens is 3. The average molecular weight is 516 g/mol.